The Morgan fingerprint density at radius 2 is 1.83 bits per heavy atom. The van der Waals surface area contributed by atoms with Crippen LogP contribution in [0.25, 0.3) is 0 Å². The largest absolute Gasteiger partial charge is 1.00 e. The molecule has 12 heavy (non-hydrogen) atoms. The molecule has 0 spiro atoms. The van der Waals surface area contributed by atoms with Gasteiger partial charge in [0.2, 0.25) is 0 Å². The van der Waals surface area contributed by atoms with Crippen LogP contribution in [0.15, 0.2) is 0 Å². The standard InChI is InChI=1S/C6H16O3SSi.Na/c1-11(2,3)6-4-5-10(7,8)9;/h4-6H2,1-3H3,(H,7,8,9);/q;+1/p-1/i4D2,5D2,6D2;. The van der Waals surface area contributed by atoms with Gasteiger partial charge >= 0.3 is 29.6 Å². The summed E-state index contributed by atoms with van der Waals surface area (Å²) in [6.45, 7) is 4.29. The SMILES string of the molecule is [2H]C([2H])(C([2H])([2H])[Si](C)(C)C)C([2H])([2H])S(=O)(=O)[O-].[Na+]. The van der Waals surface area contributed by atoms with Crippen LogP contribution < -0.4 is 29.6 Å². The maximum absolute atomic E-state index is 10.8. The van der Waals surface area contributed by atoms with Crippen LogP contribution in [0.1, 0.15) is 14.6 Å². The fraction of sp³-hybridized carbons (Fsp3) is 1.00. The van der Waals surface area contributed by atoms with Gasteiger partial charge in [0.05, 0.1) is 10.1 Å². The molecule has 0 radical (unpaired) electrons. The van der Waals surface area contributed by atoms with Crippen molar-refractivity contribution in [3.63, 3.8) is 0 Å². The minimum Gasteiger partial charge on any atom is -0.748 e. The fourth-order valence-electron chi connectivity index (χ4n) is 0.276. The zero-order valence-electron chi connectivity index (χ0n) is 13.6. The van der Waals surface area contributed by atoms with Gasteiger partial charge in [-0.25, -0.2) is 8.42 Å². The van der Waals surface area contributed by atoms with E-state index in [0.717, 1.165) is 0 Å². The summed E-state index contributed by atoms with van der Waals surface area (Å²) in [6.07, 6.45) is -3.41. The summed E-state index contributed by atoms with van der Waals surface area (Å²) in [7, 11) is -8.51. The molecule has 0 aliphatic carbocycles. The van der Waals surface area contributed by atoms with Gasteiger partial charge in [0, 0.05) is 22.0 Å². The molecule has 0 saturated carbocycles. The van der Waals surface area contributed by atoms with Gasteiger partial charge in [0.1, 0.15) is 0 Å². The molecule has 0 heterocycles. The predicted molar refractivity (Wildman–Crippen MR) is 47.3 cm³/mol. The zero-order valence-corrected chi connectivity index (χ0v) is 11.4. The van der Waals surface area contributed by atoms with Crippen molar-refractivity contribution in [3.8, 4) is 0 Å². The molecule has 3 nitrogen and oxygen atoms in total. The van der Waals surface area contributed by atoms with E-state index in [1.165, 1.54) is 19.6 Å². The molecule has 0 saturated heterocycles. The molecule has 0 fully saturated rings. The molecule has 0 unspecified atom stereocenters. The Morgan fingerprint density at radius 1 is 1.42 bits per heavy atom. The predicted octanol–water partition coefficient (Wildman–Crippen LogP) is -1.74. The Balaban J connectivity index is 0. The van der Waals surface area contributed by atoms with Crippen LogP contribution in [-0.2, 0) is 10.1 Å². The summed E-state index contributed by atoms with van der Waals surface area (Å²) in [4.78, 5) is 0. The summed E-state index contributed by atoms with van der Waals surface area (Å²) in [6, 6.07) is 0. The smallest absolute Gasteiger partial charge is 0.748 e. The summed E-state index contributed by atoms with van der Waals surface area (Å²) in [5, 5.41) is 0. The third-order valence-corrected chi connectivity index (χ3v) is 1.84. The second kappa shape index (κ2) is 5.77. The monoisotopic (exact) mass is 224 g/mol. The number of hydrogen-bond acceptors (Lipinski definition) is 3. The van der Waals surface area contributed by atoms with E-state index in [1.54, 1.807) is 0 Å². The summed E-state index contributed by atoms with van der Waals surface area (Å²) >= 11 is 0. The van der Waals surface area contributed by atoms with Crippen LogP contribution in [-0.4, -0.2) is 26.7 Å². The molecular weight excluding hydrogens is 203 g/mol. The topological polar surface area (TPSA) is 57.2 Å². The second-order valence-corrected chi connectivity index (χ2v) is 8.92. The van der Waals surface area contributed by atoms with E-state index in [0.29, 0.717) is 0 Å². The van der Waals surface area contributed by atoms with E-state index < -0.39 is 36.3 Å². The first-order valence-electron chi connectivity index (χ1n) is 5.95. The molecule has 0 N–H and O–H groups in total. The van der Waals surface area contributed by atoms with Crippen molar-refractivity contribution < 1.29 is 50.8 Å². The van der Waals surface area contributed by atoms with E-state index in [9.17, 15) is 13.0 Å². The first-order valence-corrected chi connectivity index (χ1v) is 7.86. The second-order valence-electron chi connectivity index (χ2n) is 3.06. The van der Waals surface area contributed by atoms with Gasteiger partial charge in [-0.3, -0.25) is 0 Å². The minimum atomic E-state index is -5.61. The number of rotatable bonds is 4. The molecule has 0 rings (SSSR count). The average Bonchev–Trinajstić information content (AvgIpc) is 1.98. The zero-order chi connectivity index (χ0) is 14.5. The third-order valence-electron chi connectivity index (χ3n) is 0.614. The molecule has 6 heteroatoms. The molecular formula is C6H15NaO3SSi. The number of hydrogen-bond donors (Lipinski definition) is 0. The Hall–Kier alpha value is 1.13. The molecule has 0 atom stereocenters. The molecule has 0 aromatic carbocycles. The van der Waals surface area contributed by atoms with Crippen molar-refractivity contribution >= 4 is 18.2 Å². The van der Waals surface area contributed by atoms with Gasteiger partial charge in [0.25, 0.3) is 0 Å². The Labute approximate surface area is 106 Å². The molecule has 0 aliphatic rings. The summed E-state index contributed by atoms with van der Waals surface area (Å²) < 4.78 is 76.5. The van der Waals surface area contributed by atoms with Gasteiger partial charge in [-0.1, -0.05) is 25.6 Å². The maximum Gasteiger partial charge on any atom is 1.00 e. The fourth-order valence-corrected chi connectivity index (χ4v) is 0.980. The minimum absolute atomic E-state index is 0. The van der Waals surface area contributed by atoms with Gasteiger partial charge in [-0.15, -0.1) is 0 Å². The van der Waals surface area contributed by atoms with Crippen LogP contribution in [0.3, 0.4) is 0 Å². The summed E-state index contributed by atoms with van der Waals surface area (Å²) in [5.74, 6) is -2.71. The van der Waals surface area contributed by atoms with Crippen LogP contribution >= 0.6 is 0 Å². The van der Waals surface area contributed by atoms with Crippen LogP contribution in [0, 0.1) is 0 Å². The Kier molecular flexibility index (Phi) is 3.17. The summed E-state index contributed by atoms with van der Waals surface area (Å²) in [5.41, 5.74) is -3.82. The first-order chi connectivity index (χ1) is 7.00. The molecule has 0 aliphatic heterocycles. The van der Waals surface area contributed by atoms with Gasteiger partial charge in [0.15, 0.2) is 0 Å². The van der Waals surface area contributed by atoms with Gasteiger partial charge in [-0.2, -0.15) is 0 Å². The van der Waals surface area contributed by atoms with Crippen molar-refractivity contribution in [3.05, 3.63) is 0 Å². The van der Waals surface area contributed by atoms with Crippen LogP contribution in [0.2, 0.25) is 25.6 Å². The van der Waals surface area contributed by atoms with Crippen molar-refractivity contribution in [2.24, 2.45) is 0 Å². The van der Waals surface area contributed by atoms with Crippen LogP contribution in [0.4, 0.5) is 0 Å². The van der Waals surface area contributed by atoms with Gasteiger partial charge < -0.3 is 4.55 Å². The van der Waals surface area contributed by atoms with Gasteiger partial charge in [-0.05, 0) is 6.37 Å². The third kappa shape index (κ3) is 13.7. The van der Waals surface area contributed by atoms with E-state index >= 15 is 0 Å². The Morgan fingerprint density at radius 3 is 2.08 bits per heavy atom. The van der Waals surface area contributed by atoms with Crippen LogP contribution in [0.5, 0.6) is 0 Å². The van der Waals surface area contributed by atoms with Crippen molar-refractivity contribution in [2.45, 2.75) is 32.0 Å². The normalized spacial score (nSPS) is 23.3. The molecule has 68 valence electrons. The van der Waals surface area contributed by atoms with E-state index in [2.05, 4.69) is 0 Å². The van der Waals surface area contributed by atoms with Crippen molar-refractivity contribution in [1.82, 2.24) is 0 Å². The quantitative estimate of drug-likeness (QED) is 0.421. The first kappa shape index (κ1) is 6.58. The Bertz CT molecular complexity index is 404. The molecule has 0 amide bonds. The maximum atomic E-state index is 10.8. The molecule has 0 aromatic heterocycles. The van der Waals surface area contributed by atoms with Crippen molar-refractivity contribution in [2.75, 3.05) is 5.70 Å². The average molecular weight is 224 g/mol. The van der Waals surface area contributed by atoms with E-state index in [1.807, 2.05) is 0 Å². The van der Waals surface area contributed by atoms with E-state index in [4.69, 9.17) is 8.22 Å². The molecule has 0 aromatic rings. The molecule has 0 bridgehead atoms. The van der Waals surface area contributed by atoms with E-state index in [-0.39, 0.29) is 29.6 Å². The van der Waals surface area contributed by atoms with Crippen molar-refractivity contribution in [1.29, 1.82) is 0 Å².